The van der Waals surface area contributed by atoms with E-state index in [1.807, 2.05) is 0 Å². The normalized spacial score (nSPS) is 29.3. The summed E-state index contributed by atoms with van der Waals surface area (Å²) in [5, 5.41) is 0. The van der Waals surface area contributed by atoms with Gasteiger partial charge in [-0.1, -0.05) is 64.3 Å². The zero-order valence-electron chi connectivity index (χ0n) is 14.1. The van der Waals surface area contributed by atoms with Gasteiger partial charge in [0.25, 0.3) is 0 Å². The monoisotopic (exact) mass is 262 g/mol. The van der Waals surface area contributed by atoms with E-state index in [0.29, 0.717) is 11.3 Å². The highest BCUT2D eigenvalue weighted by Gasteiger charge is 2.45. The summed E-state index contributed by atoms with van der Waals surface area (Å²) in [6, 6.07) is 0. The first-order valence-corrected chi connectivity index (χ1v) is 8.23. The molecule has 0 amide bonds. The van der Waals surface area contributed by atoms with Crippen molar-refractivity contribution in [3.8, 4) is 0 Å². The molecule has 0 aliphatic heterocycles. The van der Waals surface area contributed by atoms with Gasteiger partial charge >= 0.3 is 0 Å². The molecule has 0 heterocycles. The molecular weight excluding hydrogens is 228 g/mol. The van der Waals surface area contributed by atoms with E-state index in [4.69, 9.17) is 0 Å². The van der Waals surface area contributed by atoms with E-state index in [-0.39, 0.29) is 0 Å². The molecule has 1 aliphatic rings. The molecule has 0 saturated heterocycles. The predicted octanol–water partition coefficient (Wildman–Crippen LogP) is 6.53. The van der Waals surface area contributed by atoms with Gasteiger partial charge in [-0.05, 0) is 56.3 Å². The Balaban J connectivity index is 2.76. The molecule has 1 rings (SSSR count). The SMILES string of the molecule is C=C(CCCC)CC1CC(C)(CC)C1=C(C)C(C)C. The second-order valence-corrected chi connectivity index (χ2v) is 7.12. The molecule has 1 saturated carbocycles. The first-order valence-electron chi connectivity index (χ1n) is 8.23. The molecule has 0 nitrogen and oxygen atoms in total. The van der Waals surface area contributed by atoms with Crippen molar-refractivity contribution in [3.05, 3.63) is 23.3 Å². The van der Waals surface area contributed by atoms with Crippen molar-refractivity contribution < 1.29 is 0 Å². The van der Waals surface area contributed by atoms with Gasteiger partial charge in [-0.3, -0.25) is 0 Å². The Morgan fingerprint density at radius 3 is 2.47 bits per heavy atom. The van der Waals surface area contributed by atoms with Crippen LogP contribution in [-0.4, -0.2) is 0 Å². The maximum atomic E-state index is 4.30. The molecule has 1 fully saturated rings. The molecule has 0 heteroatoms. The Labute approximate surface area is 121 Å². The van der Waals surface area contributed by atoms with Crippen LogP contribution in [0.5, 0.6) is 0 Å². The molecule has 1 aliphatic carbocycles. The lowest BCUT2D eigenvalue weighted by Crippen LogP contribution is -2.39. The summed E-state index contributed by atoms with van der Waals surface area (Å²) in [7, 11) is 0. The van der Waals surface area contributed by atoms with Gasteiger partial charge in [0.15, 0.2) is 0 Å². The fraction of sp³-hybridized carbons (Fsp3) is 0.789. The largest absolute Gasteiger partial charge is 0.0998 e. The van der Waals surface area contributed by atoms with Crippen molar-refractivity contribution in [2.24, 2.45) is 17.3 Å². The number of hydrogen-bond donors (Lipinski definition) is 0. The van der Waals surface area contributed by atoms with Gasteiger partial charge in [-0.25, -0.2) is 0 Å². The average Bonchev–Trinajstić information content (AvgIpc) is 2.34. The maximum Gasteiger partial charge on any atom is -0.0108 e. The quantitative estimate of drug-likeness (QED) is 0.457. The summed E-state index contributed by atoms with van der Waals surface area (Å²) in [6.45, 7) is 18.4. The summed E-state index contributed by atoms with van der Waals surface area (Å²) in [4.78, 5) is 0. The lowest BCUT2D eigenvalue weighted by molar-refractivity contribution is 0.171. The molecule has 0 bridgehead atoms. The molecule has 0 N–H and O–H groups in total. The van der Waals surface area contributed by atoms with E-state index in [2.05, 4.69) is 48.1 Å². The van der Waals surface area contributed by atoms with Crippen LogP contribution in [-0.2, 0) is 0 Å². The molecule has 0 radical (unpaired) electrons. The number of hydrogen-bond acceptors (Lipinski definition) is 0. The third kappa shape index (κ3) is 3.74. The van der Waals surface area contributed by atoms with Crippen molar-refractivity contribution in [3.63, 3.8) is 0 Å². The van der Waals surface area contributed by atoms with Gasteiger partial charge in [0, 0.05) is 0 Å². The highest BCUT2D eigenvalue weighted by atomic mass is 14.5. The van der Waals surface area contributed by atoms with E-state index < -0.39 is 0 Å². The number of allylic oxidation sites excluding steroid dienone is 3. The van der Waals surface area contributed by atoms with E-state index >= 15 is 0 Å². The maximum absolute atomic E-state index is 4.30. The third-order valence-corrected chi connectivity index (χ3v) is 5.25. The fourth-order valence-electron chi connectivity index (χ4n) is 3.61. The fourth-order valence-corrected chi connectivity index (χ4v) is 3.61. The highest BCUT2D eigenvalue weighted by Crippen LogP contribution is 2.56. The van der Waals surface area contributed by atoms with Gasteiger partial charge < -0.3 is 0 Å². The molecular formula is C19H34. The van der Waals surface area contributed by atoms with Gasteiger partial charge in [0.2, 0.25) is 0 Å². The van der Waals surface area contributed by atoms with Crippen molar-refractivity contribution >= 4 is 0 Å². The zero-order chi connectivity index (χ0) is 14.6. The molecule has 0 aromatic rings. The van der Waals surface area contributed by atoms with Crippen LogP contribution in [0.4, 0.5) is 0 Å². The summed E-state index contributed by atoms with van der Waals surface area (Å²) < 4.78 is 0. The first kappa shape index (κ1) is 16.5. The summed E-state index contributed by atoms with van der Waals surface area (Å²) in [5.41, 5.74) is 5.36. The minimum Gasteiger partial charge on any atom is -0.0998 e. The van der Waals surface area contributed by atoms with Gasteiger partial charge in [0.1, 0.15) is 0 Å². The zero-order valence-corrected chi connectivity index (χ0v) is 14.1. The summed E-state index contributed by atoms with van der Waals surface area (Å²) in [6.07, 6.45) is 7.69. The van der Waals surface area contributed by atoms with E-state index in [1.54, 1.807) is 11.1 Å². The van der Waals surface area contributed by atoms with Gasteiger partial charge in [0.05, 0.1) is 0 Å². The van der Waals surface area contributed by atoms with Crippen molar-refractivity contribution in [1.82, 2.24) is 0 Å². The second kappa shape index (κ2) is 6.77. The van der Waals surface area contributed by atoms with Crippen LogP contribution in [0.25, 0.3) is 0 Å². The Bertz CT molecular complexity index is 345. The van der Waals surface area contributed by atoms with Crippen LogP contribution >= 0.6 is 0 Å². The third-order valence-electron chi connectivity index (χ3n) is 5.25. The van der Waals surface area contributed by atoms with Crippen molar-refractivity contribution in [1.29, 1.82) is 0 Å². The minimum atomic E-state index is 0.476. The Kier molecular flexibility index (Phi) is 5.89. The molecule has 0 aromatic carbocycles. The van der Waals surface area contributed by atoms with Gasteiger partial charge in [-0.15, -0.1) is 0 Å². The Morgan fingerprint density at radius 2 is 2.00 bits per heavy atom. The second-order valence-electron chi connectivity index (χ2n) is 7.12. The van der Waals surface area contributed by atoms with Crippen LogP contribution in [0.3, 0.4) is 0 Å². The van der Waals surface area contributed by atoms with E-state index in [1.165, 1.54) is 44.1 Å². The predicted molar refractivity (Wildman–Crippen MR) is 87.3 cm³/mol. The van der Waals surface area contributed by atoms with Crippen molar-refractivity contribution in [2.75, 3.05) is 0 Å². The Morgan fingerprint density at radius 1 is 1.37 bits per heavy atom. The molecule has 2 atom stereocenters. The van der Waals surface area contributed by atoms with Gasteiger partial charge in [-0.2, -0.15) is 0 Å². The van der Waals surface area contributed by atoms with Crippen LogP contribution in [0.2, 0.25) is 0 Å². The molecule has 0 aromatic heterocycles. The first-order chi connectivity index (χ1) is 8.85. The van der Waals surface area contributed by atoms with Crippen molar-refractivity contribution in [2.45, 2.75) is 80.1 Å². The standard InChI is InChI=1S/C19H34/c1-8-10-11-15(5)12-17-13-19(7,9-2)18(17)16(6)14(3)4/h14,17H,5,8-13H2,1-4,6-7H3. The van der Waals surface area contributed by atoms with E-state index in [0.717, 1.165) is 5.92 Å². The van der Waals surface area contributed by atoms with Crippen LogP contribution in [0.15, 0.2) is 23.3 Å². The molecule has 2 unspecified atom stereocenters. The smallest absolute Gasteiger partial charge is 0.0108 e. The van der Waals surface area contributed by atoms with Crippen LogP contribution < -0.4 is 0 Å². The molecule has 110 valence electrons. The average molecular weight is 262 g/mol. The van der Waals surface area contributed by atoms with Crippen LogP contribution in [0.1, 0.15) is 80.1 Å². The molecule has 0 spiro atoms. The Hall–Kier alpha value is -0.520. The summed E-state index contributed by atoms with van der Waals surface area (Å²) >= 11 is 0. The number of unbranched alkanes of at least 4 members (excludes halogenated alkanes) is 1. The number of rotatable bonds is 7. The summed E-state index contributed by atoms with van der Waals surface area (Å²) in [5.74, 6) is 1.48. The topological polar surface area (TPSA) is 0 Å². The lowest BCUT2D eigenvalue weighted by Gasteiger charge is -2.51. The van der Waals surface area contributed by atoms with Crippen LogP contribution in [0, 0.1) is 17.3 Å². The highest BCUT2D eigenvalue weighted by molar-refractivity contribution is 5.33. The minimum absolute atomic E-state index is 0.476. The van der Waals surface area contributed by atoms with E-state index in [9.17, 15) is 0 Å². The molecule has 19 heavy (non-hydrogen) atoms. The lowest BCUT2D eigenvalue weighted by atomic mass is 9.54.